The first-order chi connectivity index (χ1) is 10.7. The highest BCUT2D eigenvalue weighted by atomic mass is 32.2. The summed E-state index contributed by atoms with van der Waals surface area (Å²) in [5, 5.41) is 0.635. The summed E-state index contributed by atoms with van der Waals surface area (Å²) in [5.74, 6) is 0.668. The summed E-state index contributed by atoms with van der Waals surface area (Å²) in [4.78, 5) is 22.8. The second kappa shape index (κ2) is 6.44. The first-order valence-electron chi connectivity index (χ1n) is 6.60. The lowest BCUT2D eigenvalue weighted by Crippen LogP contribution is -2.23. The molecule has 3 rings (SSSR count). The minimum atomic E-state index is -0.0725. The molecule has 1 fully saturated rings. The summed E-state index contributed by atoms with van der Waals surface area (Å²) >= 11 is 1.34. The largest absolute Gasteiger partial charge is 0.465 e. The van der Waals surface area contributed by atoms with Gasteiger partial charge in [-0.05, 0) is 48.2 Å². The van der Waals surface area contributed by atoms with Crippen molar-refractivity contribution >= 4 is 34.6 Å². The van der Waals surface area contributed by atoms with Gasteiger partial charge in [-0.3, -0.25) is 14.7 Å². The van der Waals surface area contributed by atoms with E-state index in [1.165, 1.54) is 16.7 Å². The maximum Gasteiger partial charge on any atom is 0.266 e. The Bertz CT molecular complexity index is 749. The predicted octanol–water partition coefficient (Wildman–Crippen LogP) is 3.46. The Morgan fingerprint density at radius 3 is 3.00 bits per heavy atom. The van der Waals surface area contributed by atoms with Crippen LogP contribution in [-0.2, 0) is 4.79 Å². The molecule has 22 heavy (non-hydrogen) atoms. The molecule has 0 unspecified atom stereocenters. The first-order valence-corrected chi connectivity index (χ1v) is 7.42. The van der Waals surface area contributed by atoms with Crippen LogP contribution in [0.15, 0.2) is 69.4 Å². The smallest absolute Gasteiger partial charge is 0.266 e. The molecule has 1 amide bonds. The van der Waals surface area contributed by atoms with Crippen LogP contribution in [0, 0.1) is 0 Å². The number of rotatable bonds is 3. The quantitative estimate of drug-likeness (QED) is 0.814. The van der Waals surface area contributed by atoms with Gasteiger partial charge in [0, 0.05) is 13.2 Å². The Kier molecular flexibility index (Phi) is 4.20. The highest BCUT2D eigenvalue weighted by Gasteiger charge is 2.29. The second-order valence-electron chi connectivity index (χ2n) is 4.48. The van der Waals surface area contributed by atoms with E-state index in [4.69, 9.17) is 4.42 Å². The van der Waals surface area contributed by atoms with Crippen LogP contribution in [0.25, 0.3) is 6.08 Å². The van der Waals surface area contributed by atoms with Gasteiger partial charge in [0.05, 0.1) is 23.1 Å². The molecule has 6 heteroatoms. The van der Waals surface area contributed by atoms with E-state index < -0.39 is 0 Å². The molecule has 2 aromatic rings. The third-order valence-electron chi connectivity index (χ3n) is 2.93. The van der Waals surface area contributed by atoms with E-state index in [0.29, 0.717) is 10.1 Å². The fourth-order valence-corrected chi connectivity index (χ4v) is 2.75. The van der Waals surface area contributed by atoms with Gasteiger partial charge in [0.2, 0.25) is 0 Å². The van der Waals surface area contributed by atoms with E-state index in [1.807, 2.05) is 24.3 Å². The SMILES string of the molecule is CN1C(=O)/C(=C\C=C\c2ccco2)SC1=Nc1cccnc1. The number of allylic oxidation sites excluding steroid dienone is 2. The second-order valence-corrected chi connectivity index (χ2v) is 5.49. The lowest BCUT2D eigenvalue weighted by molar-refractivity contribution is -0.121. The van der Waals surface area contributed by atoms with E-state index in [1.54, 1.807) is 43.9 Å². The van der Waals surface area contributed by atoms with Crippen molar-refractivity contribution in [1.82, 2.24) is 9.88 Å². The summed E-state index contributed by atoms with van der Waals surface area (Å²) in [6, 6.07) is 7.32. The normalized spacial score (nSPS) is 19.0. The monoisotopic (exact) mass is 311 g/mol. The Morgan fingerprint density at radius 1 is 1.36 bits per heavy atom. The Labute approximate surface area is 132 Å². The molecule has 0 bridgehead atoms. The molecule has 0 spiro atoms. The number of amides is 1. The number of pyridine rings is 1. The van der Waals surface area contributed by atoms with Crippen molar-refractivity contribution in [2.75, 3.05) is 7.05 Å². The Hall–Kier alpha value is -2.60. The van der Waals surface area contributed by atoms with Crippen molar-refractivity contribution < 1.29 is 9.21 Å². The lowest BCUT2D eigenvalue weighted by atomic mass is 10.3. The summed E-state index contributed by atoms with van der Waals surface area (Å²) in [6.45, 7) is 0. The summed E-state index contributed by atoms with van der Waals surface area (Å²) in [5.41, 5.74) is 0.719. The van der Waals surface area contributed by atoms with E-state index in [-0.39, 0.29) is 5.91 Å². The number of carbonyl (C=O) groups is 1. The van der Waals surface area contributed by atoms with Crippen molar-refractivity contribution in [3.8, 4) is 0 Å². The van der Waals surface area contributed by atoms with Crippen LogP contribution in [0.1, 0.15) is 5.76 Å². The van der Waals surface area contributed by atoms with Gasteiger partial charge in [-0.1, -0.05) is 6.08 Å². The van der Waals surface area contributed by atoms with E-state index in [0.717, 1.165) is 11.4 Å². The molecule has 0 N–H and O–H groups in total. The van der Waals surface area contributed by atoms with Crippen molar-refractivity contribution in [3.63, 3.8) is 0 Å². The predicted molar refractivity (Wildman–Crippen MR) is 87.5 cm³/mol. The average Bonchev–Trinajstić information content (AvgIpc) is 3.14. The van der Waals surface area contributed by atoms with Gasteiger partial charge in [-0.15, -0.1) is 0 Å². The fourth-order valence-electron chi connectivity index (χ4n) is 1.81. The summed E-state index contributed by atoms with van der Waals surface area (Å²) < 4.78 is 5.20. The minimum Gasteiger partial charge on any atom is -0.465 e. The number of aliphatic imine (C=N–C) groups is 1. The maximum atomic E-state index is 12.2. The topological polar surface area (TPSA) is 58.7 Å². The number of furan rings is 1. The van der Waals surface area contributed by atoms with Crippen LogP contribution in [-0.4, -0.2) is 28.0 Å². The third-order valence-corrected chi connectivity index (χ3v) is 4.00. The highest BCUT2D eigenvalue weighted by molar-refractivity contribution is 8.18. The number of hydrogen-bond acceptors (Lipinski definition) is 5. The number of aromatic nitrogens is 1. The number of thioether (sulfide) groups is 1. The van der Waals surface area contributed by atoms with Crippen LogP contribution in [0.4, 0.5) is 5.69 Å². The van der Waals surface area contributed by atoms with E-state index in [2.05, 4.69) is 9.98 Å². The molecule has 0 radical (unpaired) electrons. The van der Waals surface area contributed by atoms with Gasteiger partial charge in [-0.25, -0.2) is 4.99 Å². The van der Waals surface area contributed by atoms with E-state index >= 15 is 0 Å². The molecule has 5 nitrogen and oxygen atoms in total. The van der Waals surface area contributed by atoms with Crippen LogP contribution in [0.2, 0.25) is 0 Å². The van der Waals surface area contributed by atoms with Crippen molar-refractivity contribution in [2.45, 2.75) is 0 Å². The van der Waals surface area contributed by atoms with Crippen LogP contribution < -0.4 is 0 Å². The van der Waals surface area contributed by atoms with Gasteiger partial charge in [-0.2, -0.15) is 0 Å². The van der Waals surface area contributed by atoms with Crippen LogP contribution in [0.5, 0.6) is 0 Å². The molecule has 110 valence electrons. The molecule has 2 aromatic heterocycles. The maximum absolute atomic E-state index is 12.2. The lowest BCUT2D eigenvalue weighted by Gasteiger charge is -2.06. The van der Waals surface area contributed by atoms with Crippen molar-refractivity contribution in [3.05, 3.63) is 65.7 Å². The number of amidine groups is 1. The first kappa shape index (κ1) is 14.3. The van der Waals surface area contributed by atoms with Crippen molar-refractivity contribution in [1.29, 1.82) is 0 Å². The molecule has 0 aliphatic carbocycles. The van der Waals surface area contributed by atoms with E-state index in [9.17, 15) is 4.79 Å². The zero-order valence-electron chi connectivity index (χ0n) is 11.8. The summed E-state index contributed by atoms with van der Waals surface area (Å²) in [6.07, 6.45) is 10.3. The van der Waals surface area contributed by atoms with Gasteiger partial charge in [0.1, 0.15) is 5.76 Å². The zero-order valence-corrected chi connectivity index (χ0v) is 12.7. The van der Waals surface area contributed by atoms with Gasteiger partial charge in [0.15, 0.2) is 5.17 Å². The van der Waals surface area contributed by atoms with Crippen LogP contribution in [0.3, 0.4) is 0 Å². The molecular weight excluding hydrogens is 298 g/mol. The molecule has 1 saturated heterocycles. The van der Waals surface area contributed by atoms with Gasteiger partial charge in [0.25, 0.3) is 5.91 Å². The molecule has 0 aromatic carbocycles. The molecule has 3 heterocycles. The fraction of sp³-hybridized carbons (Fsp3) is 0.0625. The number of nitrogens with zero attached hydrogens (tertiary/aromatic N) is 3. The molecular formula is C16H13N3O2S. The Balaban J connectivity index is 1.78. The summed E-state index contributed by atoms with van der Waals surface area (Å²) in [7, 11) is 1.71. The number of likely N-dealkylation sites (N-methyl/N-ethyl adjacent to an activating group) is 1. The molecule has 1 aliphatic rings. The Morgan fingerprint density at radius 2 is 2.27 bits per heavy atom. The van der Waals surface area contributed by atoms with Gasteiger partial charge >= 0.3 is 0 Å². The molecule has 1 aliphatic heterocycles. The highest BCUT2D eigenvalue weighted by Crippen LogP contribution is 2.31. The number of carbonyl (C=O) groups excluding carboxylic acids is 1. The average molecular weight is 311 g/mol. The standard InChI is InChI=1S/C16H13N3O2S/c1-19-15(20)14(8-2-6-13-7-4-10-21-13)22-16(19)18-12-5-3-9-17-11-12/h2-11H,1H3/b6-2+,14-8+,18-16?. The van der Waals surface area contributed by atoms with Crippen molar-refractivity contribution in [2.24, 2.45) is 4.99 Å². The number of hydrogen-bond donors (Lipinski definition) is 0. The molecule has 0 atom stereocenters. The zero-order chi connectivity index (χ0) is 15.4. The third kappa shape index (κ3) is 3.17. The molecule has 0 saturated carbocycles. The van der Waals surface area contributed by atoms with Gasteiger partial charge < -0.3 is 4.42 Å². The minimum absolute atomic E-state index is 0.0725. The van der Waals surface area contributed by atoms with Crippen LogP contribution >= 0.6 is 11.8 Å².